The molecule has 0 aromatic rings. The van der Waals surface area contributed by atoms with E-state index in [1.807, 2.05) is 6.92 Å². The number of rotatable bonds is 4. The highest BCUT2D eigenvalue weighted by molar-refractivity contribution is 4.83. The third-order valence-corrected chi connectivity index (χ3v) is 2.94. The van der Waals surface area contributed by atoms with Crippen molar-refractivity contribution in [1.29, 1.82) is 5.26 Å². The van der Waals surface area contributed by atoms with E-state index in [2.05, 4.69) is 18.3 Å². The van der Waals surface area contributed by atoms with Gasteiger partial charge in [0.25, 0.3) is 0 Å². The predicted octanol–water partition coefficient (Wildman–Crippen LogP) is 1.55. The van der Waals surface area contributed by atoms with Gasteiger partial charge in [0.05, 0.1) is 12.0 Å². The summed E-state index contributed by atoms with van der Waals surface area (Å²) in [5.41, 5.74) is 0. The van der Waals surface area contributed by atoms with E-state index < -0.39 is 0 Å². The van der Waals surface area contributed by atoms with Gasteiger partial charge >= 0.3 is 0 Å². The van der Waals surface area contributed by atoms with E-state index in [1.165, 1.54) is 0 Å². The van der Waals surface area contributed by atoms with Crippen LogP contribution in [0.3, 0.4) is 0 Å². The van der Waals surface area contributed by atoms with Gasteiger partial charge < -0.3 is 10.1 Å². The van der Waals surface area contributed by atoms with E-state index in [0.717, 1.165) is 38.5 Å². The number of hydrogen-bond donors (Lipinski definition) is 1. The zero-order chi connectivity index (χ0) is 10.4. The first-order valence-corrected chi connectivity index (χ1v) is 5.44. The highest BCUT2D eigenvalue weighted by Gasteiger charge is 2.20. The first-order chi connectivity index (χ1) is 6.74. The molecule has 0 spiro atoms. The van der Waals surface area contributed by atoms with E-state index in [1.54, 1.807) is 0 Å². The summed E-state index contributed by atoms with van der Waals surface area (Å²) in [6.45, 7) is 6.74. The van der Waals surface area contributed by atoms with Crippen molar-refractivity contribution in [3.05, 3.63) is 0 Å². The van der Waals surface area contributed by atoms with Crippen LogP contribution >= 0.6 is 0 Å². The normalized spacial score (nSPS) is 22.6. The summed E-state index contributed by atoms with van der Waals surface area (Å²) < 4.78 is 5.32. The summed E-state index contributed by atoms with van der Waals surface area (Å²) in [5, 5.41) is 12.1. The second kappa shape index (κ2) is 6.00. The zero-order valence-electron chi connectivity index (χ0n) is 9.12. The predicted molar refractivity (Wildman–Crippen MR) is 55.8 cm³/mol. The number of nitriles is 1. The lowest BCUT2D eigenvalue weighted by Gasteiger charge is -2.28. The van der Waals surface area contributed by atoms with E-state index in [4.69, 9.17) is 10.00 Å². The van der Waals surface area contributed by atoms with Crippen molar-refractivity contribution in [2.24, 2.45) is 11.8 Å². The van der Waals surface area contributed by atoms with Gasteiger partial charge in [-0.2, -0.15) is 5.26 Å². The van der Waals surface area contributed by atoms with Crippen LogP contribution in [-0.2, 0) is 4.74 Å². The summed E-state index contributed by atoms with van der Waals surface area (Å²) in [5.74, 6) is 0.826. The number of hydrogen-bond acceptors (Lipinski definition) is 3. The lowest BCUT2D eigenvalue weighted by atomic mass is 9.93. The molecule has 1 saturated heterocycles. The molecule has 0 saturated carbocycles. The molecule has 0 radical (unpaired) electrons. The molecule has 1 fully saturated rings. The lowest BCUT2D eigenvalue weighted by molar-refractivity contribution is 0.0558. The molecular formula is C11H20N2O. The number of nitrogens with zero attached hydrogens (tertiary/aromatic N) is 1. The maximum atomic E-state index is 8.65. The summed E-state index contributed by atoms with van der Waals surface area (Å²) in [6, 6.07) is 2.74. The molecule has 1 aliphatic heterocycles. The molecule has 0 aliphatic carbocycles. The van der Waals surface area contributed by atoms with Crippen molar-refractivity contribution in [3.63, 3.8) is 0 Å². The van der Waals surface area contributed by atoms with E-state index in [9.17, 15) is 0 Å². The van der Waals surface area contributed by atoms with Crippen LogP contribution in [0.2, 0.25) is 0 Å². The van der Waals surface area contributed by atoms with Gasteiger partial charge in [-0.15, -0.1) is 0 Å². The van der Waals surface area contributed by atoms with Crippen LogP contribution in [0.4, 0.5) is 0 Å². The molecule has 14 heavy (non-hydrogen) atoms. The topological polar surface area (TPSA) is 45.0 Å². The van der Waals surface area contributed by atoms with Gasteiger partial charge in [0.15, 0.2) is 0 Å². The Morgan fingerprint density at radius 1 is 1.43 bits per heavy atom. The van der Waals surface area contributed by atoms with Crippen LogP contribution in [0.5, 0.6) is 0 Å². The molecule has 1 aliphatic rings. The fourth-order valence-electron chi connectivity index (χ4n) is 1.79. The highest BCUT2D eigenvalue weighted by Crippen LogP contribution is 2.18. The second-order valence-corrected chi connectivity index (χ2v) is 4.18. The Balaban J connectivity index is 2.20. The summed E-state index contributed by atoms with van der Waals surface area (Å²) in [4.78, 5) is 0. The Morgan fingerprint density at radius 2 is 2.07 bits per heavy atom. The van der Waals surface area contributed by atoms with Crippen molar-refractivity contribution in [2.75, 3.05) is 19.8 Å². The zero-order valence-corrected chi connectivity index (χ0v) is 9.12. The van der Waals surface area contributed by atoms with Crippen LogP contribution in [-0.4, -0.2) is 25.8 Å². The number of nitrogens with one attached hydrogen (secondary N) is 1. The Labute approximate surface area is 86.4 Å². The minimum Gasteiger partial charge on any atom is -0.381 e. The maximum absolute atomic E-state index is 8.65. The van der Waals surface area contributed by atoms with Gasteiger partial charge in [-0.25, -0.2) is 0 Å². The molecular weight excluding hydrogens is 176 g/mol. The largest absolute Gasteiger partial charge is 0.381 e. The van der Waals surface area contributed by atoms with E-state index >= 15 is 0 Å². The molecule has 0 aromatic heterocycles. The van der Waals surface area contributed by atoms with Gasteiger partial charge in [0.1, 0.15) is 0 Å². The Bertz CT molecular complexity index is 194. The van der Waals surface area contributed by atoms with Gasteiger partial charge in [-0.05, 0) is 32.6 Å². The monoisotopic (exact) mass is 196 g/mol. The van der Waals surface area contributed by atoms with E-state index in [0.29, 0.717) is 6.04 Å². The van der Waals surface area contributed by atoms with Crippen molar-refractivity contribution in [1.82, 2.24) is 5.32 Å². The average Bonchev–Trinajstić information content (AvgIpc) is 2.26. The summed E-state index contributed by atoms with van der Waals surface area (Å²) in [7, 11) is 0. The second-order valence-electron chi connectivity index (χ2n) is 4.18. The first-order valence-electron chi connectivity index (χ1n) is 5.44. The molecule has 0 bridgehead atoms. The minimum absolute atomic E-state index is 0.109. The minimum atomic E-state index is 0.109. The van der Waals surface area contributed by atoms with Crippen molar-refractivity contribution in [3.8, 4) is 6.07 Å². The van der Waals surface area contributed by atoms with Gasteiger partial charge in [-0.3, -0.25) is 0 Å². The SMILES string of the molecule is CC(C#N)CNC(C)C1CCOCC1. The summed E-state index contributed by atoms with van der Waals surface area (Å²) >= 11 is 0. The lowest BCUT2D eigenvalue weighted by Crippen LogP contribution is -2.38. The fraction of sp³-hybridized carbons (Fsp3) is 0.909. The van der Waals surface area contributed by atoms with Gasteiger partial charge in [0, 0.05) is 25.8 Å². The van der Waals surface area contributed by atoms with Crippen molar-refractivity contribution < 1.29 is 4.74 Å². The highest BCUT2D eigenvalue weighted by atomic mass is 16.5. The molecule has 3 heteroatoms. The number of ether oxygens (including phenoxy) is 1. The van der Waals surface area contributed by atoms with E-state index in [-0.39, 0.29) is 5.92 Å². The molecule has 3 nitrogen and oxygen atoms in total. The molecule has 1 heterocycles. The quantitative estimate of drug-likeness (QED) is 0.742. The molecule has 2 unspecified atom stereocenters. The fourth-order valence-corrected chi connectivity index (χ4v) is 1.79. The smallest absolute Gasteiger partial charge is 0.0666 e. The van der Waals surface area contributed by atoms with Crippen LogP contribution in [0, 0.1) is 23.2 Å². The molecule has 2 atom stereocenters. The van der Waals surface area contributed by atoms with Gasteiger partial charge in [0.2, 0.25) is 0 Å². The van der Waals surface area contributed by atoms with Gasteiger partial charge in [-0.1, -0.05) is 0 Å². The third kappa shape index (κ3) is 3.65. The van der Waals surface area contributed by atoms with Crippen LogP contribution in [0.25, 0.3) is 0 Å². The van der Waals surface area contributed by atoms with Crippen molar-refractivity contribution in [2.45, 2.75) is 32.7 Å². The first kappa shape index (κ1) is 11.5. The van der Waals surface area contributed by atoms with Crippen LogP contribution < -0.4 is 5.32 Å². The molecule has 1 N–H and O–H groups in total. The van der Waals surface area contributed by atoms with Crippen molar-refractivity contribution >= 4 is 0 Å². The molecule has 1 rings (SSSR count). The summed E-state index contributed by atoms with van der Waals surface area (Å²) in [6.07, 6.45) is 2.30. The Kier molecular flexibility index (Phi) is 4.92. The third-order valence-electron chi connectivity index (χ3n) is 2.94. The molecule has 80 valence electrons. The maximum Gasteiger partial charge on any atom is 0.0666 e. The van der Waals surface area contributed by atoms with Crippen LogP contribution in [0.15, 0.2) is 0 Å². The Hall–Kier alpha value is -0.590. The average molecular weight is 196 g/mol. The molecule has 0 amide bonds. The standard InChI is InChI=1S/C11H20N2O/c1-9(7-12)8-13-10(2)11-3-5-14-6-4-11/h9-11,13H,3-6,8H2,1-2H3. The Morgan fingerprint density at radius 3 is 2.64 bits per heavy atom. The van der Waals surface area contributed by atoms with Crippen LogP contribution in [0.1, 0.15) is 26.7 Å². The molecule has 0 aromatic carbocycles.